The van der Waals surface area contributed by atoms with E-state index in [-0.39, 0.29) is 29.2 Å². The predicted molar refractivity (Wildman–Crippen MR) is 124 cm³/mol. The van der Waals surface area contributed by atoms with Gasteiger partial charge in [0, 0.05) is 29.6 Å². The highest BCUT2D eigenvalue weighted by Gasteiger charge is 2.67. The quantitative estimate of drug-likeness (QED) is 0.500. The number of fused-ring (bicyclic) bond motifs is 2. The summed E-state index contributed by atoms with van der Waals surface area (Å²) in [5, 5.41) is 0. The molecule has 2 aliphatic heterocycles. The summed E-state index contributed by atoms with van der Waals surface area (Å²) >= 11 is 0. The number of nitrogens with zero attached hydrogens (tertiary/aromatic N) is 3. The maximum Gasteiger partial charge on any atom is 0.327 e. The molecule has 1 aromatic rings. The fraction of sp³-hybridized carbons (Fsp3) is 0.720. The van der Waals surface area contributed by atoms with Gasteiger partial charge in [0.2, 0.25) is 0 Å². The SMILES string of the molecule is CCCCN1C(=O)N(c2ccc(OCC)cc2)[C@@H]2N(CCCC)[C@H]1C(C)(C)C2(C)C. The second-order valence-electron chi connectivity index (χ2n) is 9.91. The third-order valence-electron chi connectivity index (χ3n) is 7.52. The lowest BCUT2D eigenvalue weighted by Crippen LogP contribution is -2.67. The summed E-state index contributed by atoms with van der Waals surface area (Å²) in [6.45, 7) is 18.3. The van der Waals surface area contributed by atoms with Crippen LogP contribution in [-0.2, 0) is 0 Å². The molecule has 2 saturated heterocycles. The summed E-state index contributed by atoms with van der Waals surface area (Å²) < 4.78 is 5.63. The number of rotatable bonds is 9. The van der Waals surface area contributed by atoms with Crippen LogP contribution < -0.4 is 9.64 Å². The summed E-state index contributed by atoms with van der Waals surface area (Å²) in [5.74, 6) is 0.847. The third-order valence-corrected chi connectivity index (χ3v) is 7.52. The van der Waals surface area contributed by atoms with Crippen LogP contribution in [0.3, 0.4) is 0 Å². The maximum atomic E-state index is 13.9. The summed E-state index contributed by atoms with van der Waals surface area (Å²) in [6.07, 6.45) is 4.60. The van der Waals surface area contributed by atoms with Gasteiger partial charge >= 0.3 is 6.03 Å². The Morgan fingerprint density at radius 3 is 2.00 bits per heavy atom. The molecule has 2 heterocycles. The minimum Gasteiger partial charge on any atom is -0.494 e. The number of anilines is 1. The van der Waals surface area contributed by atoms with E-state index in [2.05, 4.69) is 56.2 Å². The van der Waals surface area contributed by atoms with Gasteiger partial charge in [-0.05, 0) is 44.0 Å². The molecule has 30 heavy (non-hydrogen) atoms. The molecule has 0 radical (unpaired) electrons. The molecular weight excluding hydrogens is 374 g/mol. The van der Waals surface area contributed by atoms with Crippen LogP contribution >= 0.6 is 0 Å². The Kier molecular flexibility index (Phi) is 6.71. The van der Waals surface area contributed by atoms with E-state index in [1.807, 2.05) is 31.2 Å². The Morgan fingerprint density at radius 2 is 1.43 bits per heavy atom. The van der Waals surface area contributed by atoms with Crippen LogP contribution in [0.2, 0.25) is 0 Å². The van der Waals surface area contributed by atoms with E-state index in [0.29, 0.717) is 6.61 Å². The van der Waals surface area contributed by atoms with Crippen molar-refractivity contribution < 1.29 is 9.53 Å². The lowest BCUT2D eigenvalue weighted by molar-refractivity contribution is 0.00886. The van der Waals surface area contributed by atoms with Gasteiger partial charge in [-0.1, -0.05) is 54.4 Å². The van der Waals surface area contributed by atoms with Crippen molar-refractivity contribution in [2.24, 2.45) is 10.8 Å². The molecule has 0 saturated carbocycles. The Hall–Kier alpha value is -1.75. The molecule has 2 aliphatic rings. The molecule has 0 aromatic heterocycles. The van der Waals surface area contributed by atoms with Crippen molar-refractivity contribution in [1.82, 2.24) is 9.80 Å². The zero-order valence-electron chi connectivity index (χ0n) is 20.1. The van der Waals surface area contributed by atoms with Gasteiger partial charge in [-0.3, -0.25) is 9.80 Å². The van der Waals surface area contributed by atoms with E-state index in [1.54, 1.807) is 0 Å². The van der Waals surface area contributed by atoms with Gasteiger partial charge in [-0.25, -0.2) is 4.79 Å². The largest absolute Gasteiger partial charge is 0.494 e. The standard InChI is InChI=1S/C25H41N3O2/c1-8-11-17-26-21-24(4,5)25(6,7)22(26)28(23(29)27(21)18-12-9-2)19-13-15-20(16-14-19)30-10-3/h13-16,21-22H,8-12,17-18H2,1-7H3/t21-,22+/m1/s1. The Balaban J connectivity index is 2.09. The van der Waals surface area contributed by atoms with Gasteiger partial charge in [-0.2, -0.15) is 0 Å². The Morgan fingerprint density at radius 1 is 0.867 bits per heavy atom. The highest BCUT2D eigenvalue weighted by atomic mass is 16.5. The Bertz CT molecular complexity index is 728. The topological polar surface area (TPSA) is 36.0 Å². The van der Waals surface area contributed by atoms with E-state index < -0.39 is 0 Å². The number of ether oxygens (including phenoxy) is 1. The number of unbranched alkanes of at least 4 members (excludes halogenated alkanes) is 2. The van der Waals surface area contributed by atoms with E-state index >= 15 is 0 Å². The number of benzene rings is 1. The fourth-order valence-corrected chi connectivity index (χ4v) is 5.27. The van der Waals surface area contributed by atoms with Crippen LogP contribution in [0.15, 0.2) is 24.3 Å². The first-order valence-corrected chi connectivity index (χ1v) is 11.8. The van der Waals surface area contributed by atoms with Gasteiger partial charge in [0.1, 0.15) is 5.75 Å². The monoisotopic (exact) mass is 415 g/mol. The van der Waals surface area contributed by atoms with Gasteiger partial charge in [0.05, 0.1) is 18.9 Å². The zero-order valence-corrected chi connectivity index (χ0v) is 20.1. The summed E-state index contributed by atoms with van der Waals surface area (Å²) in [6, 6.07) is 8.20. The van der Waals surface area contributed by atoms with Crippen LogP contribution in [0, 0.1) is 10.8 Å². The molecule has 0 N–H and O–H groups in total. The third kappa shape index (κ3) is 3.59. The van der Waals surface area contributed by atoms with Crippen molar-refractivity contribution in [2.75, 3.05) is 24.6 Å². The second kappa shape index (κ2) is 8.78. The van der Waals surface area contributed by atoms with Crippen molar-refractivity contribution in [3.63, 3.8) is 0 Å². The van der Waals surface area contributed by atoms with E-state index in [0.717, 1.165) is 50.2 Å². The molecule has 3 rings (SSSR count). The summed E-state index contributed by atoms with van der Waals surface area (Å²) in [7, 11) is 0. The van der Waals surface area contributed by atoms with Crippen molar-refractivity contribution in [3.05, 3.63) is 24.3 Å². The molecule has 1 aromatic carbocycles. The minimum atomic E-state index is -0.0549. The van der Waals surface area contributed by atoms with Crippen LogP contribution in [0.5, 0.6) is 5.75 Å². The average molecular weight is 416 g/mol. The molecule has 0 aliphatic carbocycles. The van der Waals surface area contributed by atoms with Crippen molar-refractivity contribution >= 4 is 11.7 Å². The number of urea groups is 1. The van der Waals surface area contributed by atoms with E-state index in [4.69, 9.17) is 4.74 Å². The molecule has 5 heteroatoms. The smallest absolute Gasteiger partial charge is 0.327 e. The molecule has 0 unspecified atom stereocenters. The lowest BCUT2D eigenvalue weighted by atomic mass is 9.67. The number of carbonyl (C=O) groups is 1. The van der Waals surface area contributed by atoms with Crippen molar-refractivity contribution in [3.8, 4) is 5.75 Å². The van der Waals surface area contributed by atoms with Crippen LogP contribution in [0.25, 0.3) is 0 Å². The predicted octanol–water partition coefficient (Wildman–Crippen LogP) is 5.95. The number of hydrogen-bond acceptors (Lipinski definition) is 3. The van der Waals surface area contributed by atoms with Gasteiger partial charge < -0.3 is 9.64 Å². The average Bonchev–Trinajstić information content (AvgIpc) is 2.83. The summed E-state index contributed by atoms with van der Waals surface area (Å²) in [4.78, 5) is 20.7. The normalized spacial score (nSPS) is 25.1. The molecular formula is C25H41N3O2. The number of carbonyl (C=O) groups excluding carboxylic acids is 1. The lowest BCUT2D eigenvalue weighted by Gasteiger charge is -2.50. The first-order valence-electron chi connectivity index (χ1n) is 11.8. The zero-order chi connectivity index (χ0) is 22.1. The van der Waals surface area contributed by atoms with Crippen molar-refractivity contribution in [2.45, 2.75) is 86.5 Å². The summed E-state index contributed by atoms with van der Waals surface area (Å²) in [5.41, 5.74) is 0.885. The molecule has 2 fully saturated rings. The maximum absolute atomic E-state index is 13.9. The molecule has 2 amide bonds. The van der Waals surface area contributed by atoms with Gasteiger partial charge in [0.25, 0.3) is 0 Å². The number of hydrogen-bond donors (Lipinski definition) is 0. The first kappa shape index (κ1) is 22.9. The van der Waals surface area contributed by atoms with Gasteiger partial charge in [0.15, 0.2) is 0 Å². The van der Waals surface area contributed by atoms with E-state index in [1.165, 1.54) is 0 Å². The highest BCUT2D eigenvalue weighted by Crippen LogP contribution is 2.58. The van der Waals surface area contributed by atoms with E-state index in [9.17, 15) is 4.79 Å². The molecule has 168 valence electrons. The molecule has 0 spiro atoms. The van der Waals surface area contributed by atoms with Crippen molar-refractivity contribution in [1.29, 1.82) is 0 Å². The second-order valence-corrected chi connectivity index (χ2v) is 9.91. The highest BCUT2D eigenvalue weighted by molar-refractivity contribution is 5.94. The molecule has 2 atom stereocenters. The fourth-order valence-electron chi connectivity index (χ4n) is 5.27. The van der Waals surface area contributed by atoms with Crippen LogP contribution in [-0.4, -0.2) is 47.9 Å². The minimum absolute atomic E-state index is 0.0190. The van der Waals surface area contributed by atoms with Crippen LogP contribution in [0.4, 0.5) is 10.5 Å². The van der Waals surface area contributed by atoms with Gasteiger partial charge in [-0.15, -0.1) is 0 Å². The molecule has 5 nitrogen and oxygen atoms in total. The number of amides is 2. The van der Waals surface area contributed by atoms with Crippen LogP contribution in [0.1, 0.15) is 74.1 Å². The Labute approximate surface area is 183 Å². The first-order chi connectivity index (χ1) is 14.2. The molecule has 2 bridgehead atoms.